The molecule has 3 rings (SSSR count). The van der Waals surface area contributed by atoms with E-state index in [9.17, 15) is 9.90 Å². The molecule has 0 saturated heterocycles. The Morgan fingerprint density at radius 2 is 1.40 bits per heavy atom. The highest BCUT2D eigenvalue weighted by Crippen LogP contribution is 2.30. The van der Waals surface area contributed by atoms with Crippen LogP contribution in [-0.4, -0.2) is 11.1 Å². The maximum absolute atomic E-state index is 12.2. The van der Waals surface area contributed by atoms with Crippen molar-refractivity contribution in [1.82, 2.24) is 0 Å². The molecule has 0 saturated carbocycles. The molecule has 0 atom stereocenters. The van der Waals surface area contributed by atoms with Crippen LogP contribution in [0.1, 0.15) is 21.5 Å². The van der Waals surface area contributed by atoms with Gasteiger partial charge in [0.25, 0.3) is 0 Å². The molecule has 1 N–H and O–H groups in total. The summed E-state index contributed by atoms with van der Waals surface area (Å²) in [5.74, 6) is 1.16. The summed E-state index contributed by atoms with van der Waals surface area (Å²) in [6.07, 6.45) is 0. The van der Waals surface area contributed by atoms with Crippen molar-refractivity contribution < 1.29 is 19.4 Å². The first-order valence-electron chi connectivity index (χ1n) is 7.87. The molecular weight excluding hydrogens is 316 g/mol. The number of benzene rings is 3. The van der Waals surface area contributed by atoms with Gasteiger partial charge in [-0.3, -0.25) is 0 Å². The number of carbonyl (C=O) groups is 1. The second kappa shape index (κ2) is 7.09. The van der Waals surface area contributed by atoms with Gasteiger partial charge in [-0.1, -0.05) is 18.2 Å². The zero-order chi connectivity index (χ0) is 17.8. The minimum Gasteiger partial charge on any atom is -0.508 e. The molecule has 0 aromatic heterocycles. The summed E-state index contributed by atoms with van der Waals surface area (Å²) in [5.41, 5.74) is 2.26. The lowest BCUT2D eigenvalue weighted by atomic mass is 10.2. The van der Waals surface area contributed by atoms with Gasteiger partial charge < -0.3 is 14.6 Å². The van der Waals surface area contributed by atoms with E-state index in [0.717, 1.165) is 11.1 Å². The van der Waals surface area contributed by atoms with Crippen LogP contribution in [-0.2, 0) is 0 Å². The summed E-state index contributed by atoms with van der Waals surface area (Å²) in [4.78, 5) is 12.2. The zero-order valence-corrected chi connectivity index (χ0v) is 14.0. The number of aromatic hydroxyl groups is 1. The van der Waals surface area contributed by atoms with E-state index in [1.807, 2.05) is 32.0 Å². The number of esters is 1. The highest BCUT2D eigenvalue weighted by atomic mass is 16.5. The van der Waals surface area contributed by atoms with Crippen LogP contribution in [0.3, 0.4) is 0 Å². The van der Waals surface area contributed by atoms with Crippen molar-refractivity contribution in [2.45, 2.75) is 13.8 Å². The van der Waals surface area contributed by atoms with Gasteiger partial charge in [0, 0.05) is 12.1 Å². The largest absolute Gasteiger partial charge is 0.508 e. The van der Waals surface area contributed by atoms with E-state index < -0.39 is 5.97 Å². The third kappa shape index (κ3) is 4.38. The van der Waals surface area contributed by atoms with Crippen molar-refractivity contribution in [3.05, 3.63) is 83.4 Å². The van der Waals surface area contributed by atoms with Crippen molar-refractivity contribution in [3.63, 3.8) is 0 Å². The first kappa shape index (κ1) is 16.6. The van der Waals surface area contributed by atoms with Crippen LogP contribution in [0.2, 0.25) is 0 Å². The summed E-state index contributed by atoms with van der Waals surface area (Å²) in [5, 5.41) is 9.68. The number of phenols is 1. The van der Waals surface area contributed by atoms with Gasteiger partial charge in [0.2, 0.25) is 0 Å². The predicted octanol–water partition coefficient (Wildman–Crippen LogP) is 5.02. The van der Waals surface area contributed by atoms with Gasteiger partial charge in [-0.05, 0) is 61.4 Å². The minimum atomic E-state index is -0.426. The molecule has 0 amide bonds. The summed E-state index contributed by atoms with van der Waals surface area (Å²) in [6.45, 7) is 3.76. The fourth-order valence-electron chi connectivity index (χ4n) is 2.50. The molecule has 25 heavy (non-hydrogen) atoms. The van der Waals surface area contributed by atoms with Gasteiger partial charge >= 0.3 is 5.97 Å². The highest BCUT2D eigenvalue weighted by molar-refractivity contribution is 5.91. The zero-order valence-electron chi connectivity index (χ0n) is 14.0. The smallest absolute Gasteiger partial charge is 0.343 e. The van der Waals surface area contributed by atoms with Crippen LogP contribution >= 0.6 is 0 Å². The molecule has 3 aromatic carbocycles. The lowest BCUT2D eigenvalue weighted by Crippen LogP contribution is -2.08. The fourth-order valence-corrected chi connectivity index (χ4v) is 2.50. The van der Waals surface area contributed by atoms with Crippen LogP contribution in [0.4, 0.5) is 0 Å². The summed E-state index contributed by atoms with van der Waals surface area (Å²) < 4.78 is 11.2. The van der Waals surface area contributed by atoms with Crippen LogP contribution in [0, 0.1) is 13.8 Å². The Morgan fingerprint density at radius 1 is 0.800 bits per heavy atom. The molecule has 0 fully saturated rings. The Kier molecular flexibility index (Phi) is 4.70. The van der Waals surface area contributed by atoms with E-state index in [1.54, 1.807) is 42.5 Å². The van der Waals surface area contributed by atoms with E-state index in [0.29, 0.717) is 22.8 Å². The molecule has 0 aliphatic carbocycles. The molecule has 126 valence electrons. The Morgan fingerprint density at radius 3 is 2.08 bits per heavy atom. The van der Waals surface area contributed by atoms with Crippen molar-refractivity contribution in [3.8, 4) is 23.0 Å². The molecule has 0 unspecified atom stereocenters. The van der Waals surface area contributed by atoms with Gasteiger partial charge in [0.1, 0.15) is 23.0 Å². The molecule has 0 aliphatic heterocycles. The Hall–Kier alpha value is -3.27. The first-order chi connectivity index (χ1) is 12.0. The van der Waals surface area contributed by atoms with Crippen molar-refractivity contribution >= 4 is 5.97 Å². The number of hydrogen-bond donors (Lipinski definition) is 1. The highest BCUT2D eigenvalue weighted by Gasteiger charge is 2.10. The average Bonchev–Trinajstić information content (AvgIpc) is 2.54. The van der Waals surface area contributed by atoms with Gasteiger partial charge in [0.05, 0.1) is 5.56 Å². The maximum Gasteiger partial charge on any atom is 0.343 e. The quantitative estimate of drug-likeness (QED) is 0.537. The van der Waals surface area contributed by atoms with E-state index >= 15 is 0 Å². The second-order valence-corrected chi connectivity index (χ2v) is 5.84. The van der Waals surface area contributed by atoms with E-state index in [2.05, 4.69) is 0 Å². The van der Waals surface area contributed by atoms with Crippen molar-refractivity contribution in [1.29, 1.82) is 0 Å². The number of carbonyl (C=O) groups excluding carboxylic acids is 1. The van der Waals surface area contributed by atoms with Crippen molar-refractivity contribution in [2.24, 2.45) is 0 Å². The summed E-state index contributed by atoms with van der Waals surface area (Å²) in [6, 6.07) is 19.0. The number of ether oxygens (including phenoxy) is 2. The van der Waals surface area contributed by atoms with Crippen LogP contribution in [0.25, 0.3) is 0 Å². The molecule has 4 heteroatoms. The molecule has 0 spiro atoms. The molecule has 0 bridgehead atoms. The maximum atomic E-state index is 12.2. The molecule has 0 heterocycles. The van der Waals surface area contributed by atoms with Crippen LogP contribution in [0.15, 0.2) is 66.7 Å². The van der Waals surface area contributed by atoms with E-state index in [-0.39, 0.29) is 5.75 Å². The number of rotatable bonds is 4. The van der Waals surface area contributed by atoms with E-state index in [1.165, 1.54) is 6.07 Å². The van der Waals surface area contributed by atoms with Crippen LogP contribution in [0.5, 0.6) is 23.0 Å². The molecule has 4 nitrogen and oxygen atoms in total. The Bertz CT molecular complexity index is 881. The number of aryl methyl sites for hydroxylation is 2. The van der Waals surface area contributed by atoms with Crippen LogP contribution < -0.4 is 9.47 Å². The average molecular weight is 334 g/mol. The Balaban J connectivity index is 1.82. The fraction of sp³-hybridized carbons (Fsp3) is 0.0952. The lowest BCUT2D eigenvalue weighted by Gasteiger charge is -2.11. The first-order valence-corrected chi connectivity index (χ1v) is 7.87. The minimum absolute atomic E-state index is 0.137. The van der Waals surface area contributed by atoms with E-state index in [4.69, 9.17) is 9.47 Å². The molecule has 0 aliphatic rings. The normalized spacial score (nSPS) is 10.3. The third-order valence-electron chi connectivity index (χ3n) is 3.52. The Labute approximate surface area is 146 Å². The standard InChI is InChI=1S/C21H18O4/c1-14-8-17(22)12-18(9-14)24-19-10-15(2)11-20(13-19)25-21(23)16-6-4-3-5-7-16/h3-13,22H,1-2H3. The molecule has 0 radical (unpaired) electrons. The lowest BCUT2D eigenvalue weighted by molar-refractivity contribution is 0.0734. The predicted molar refractivity (Wildman–Crippen MR) is 95.5 cm³/mol. The van der Waals surface area contributed by atoms with Crippen molar-refractivity contribution in [2.75, 3.05) is 0 Å². The van der Waals surface area contributed by atoms with Gasteiger partial charge in [0.15, 0.2) is 0 Å². The SMILES string of the molecule is Cc1cc(O)cc(Oc2cc(C)cc(OC(=O)c3ccccc3)c2)c1. The van der Waals surface area contributed by atoms with Gasteiger partial charge in [-0.15, -0.1) is 0 Å². The number of phenolic OH excluding ortho intramolecular Hbond substituents is 1. The van der Waals surface area contributed by atoms with Gasteiger partial charge in [-0.2, -0.15) is 0 Å². The molecular formula is C21H18O4. The van der Waals surface area contributed by atoms with Gasteiger partial charge in [-0.25, -0.2) is 4.79 Å². The second-order valence-electron chi connectivity index (χ2n) is 5.84. The topological polar surface area (TPSA) is 55.8 Å². The summed E-state index contributed by atoms with van der Waals surface area (Å²) >= 11 is 0. The number of hydrogen-bond acceptors (Lipinski definition) is 4. The monoisotopic (exact) mass is 334 g/mol. The summed E-state index contributed by atoms with van der Waals surface area (Å²) in [7, 11) is 0. The molecule has 3 aromatic rings. The third-order valence-corrected chi connectivity index (χ3v) is 3.52.